The molecular weight excluding hydrogens is 546 g/mol. The van der Waals surface area contributed by atoms with E-state index < -0.39 is 11.7 Å². The van der Waals surface area contributed by atoms with Gasteiger partial charge in [-0.1, -0.05) is 104 Å². The van der Waals surface area contributed by atoms with Crippen molar-refractivity contribution in [3.8, 4) is 0 Å². The van der Waals surface area contributed by atoms with Gasteiger partial charge < -0.3 is 15.5 Å². The number of benzene rings is 4. The number of halogens is 1. The number of carbonyl (C=O) groups excluding carboxylic acids is 3. The summed E-state index contributed by atoms with van der Waals surface area (Å²) in [5.74, 6) is -0.687. The van der Waals surface area contributed by atoms with E-state index in [4.69, 9.17) is 11.6 Å². The van der Waals surface area contributed by atoms with Crippen molar-refractivity contribution in [2.45, 2.75) is 56.7 Å². The highest BCUT2D eigenvalue weighted by Gasteiger charge is 2.42. The first-order chi connectivity index (χ1) is 20.3. The number of nitrogens with one attached hydrogen (secondary N) is 2. The molecule has 0 saturated heterocycles. The Balaban J connectivity index is 1.41. The molecule has 7 heteroatoms. The van der Waals surface area contributed by atoms with E-state index >= 15 is 0 Å². The Labute approximate surface area is 252 Å². The summed E-state index contributed by atoms with van der Waals surface area (Å²) in [6.45, 7) is 0. The molecule has 42 heavy (non-hydrogen) atoms. The Morgan fingerprint density at radius 1 is 0.810 bits per heavy atom. The number of fused-ring (bicyclic) bond motifs is 1. The highest BCUT2D eigenvalue weighted by Crippen LogP contribution is 2.30. The lowest BCUT2D eigenvalue weighted by Gasteiger charge is -2.39. The fraction of sp³-hybridized carbons (Fsp3) is 0.286. The fourth-order valence-corrected chi connectivity index (χ4v) is 5.81. The van der Waals surface area contributed by atoms with E-state index in [-0.39, 0.29) is 24.1 Å². The molecule has 0 aromatic heterocycles. The molecule has 4 aromatic rings. The number of hydrogen-bond donors (Lipinski definition) is 2. The van der Waals surface area contributed by atoms with Crippen molar-refractivity contribution < 1.29 is 14.4 Å². The van der Waals surface area contributed by atoms with Gasteiger partial charge in [0.1, 0.15) is 11.7 Å². The summed E-state index contributed by atoms with van der Waals surface area (Å²) in [5, 5.41) is 9.02. The second-order valence-electron chi connectivity index (χ2n) is 11.1. The lowest BCUT2D eigenvalue weighted by atomic mass is 9.80. The number of nitrogens with zero attached hydrogens (tertiary/aromatic N) is 1. The number of amides is 3. The Morgan fingerprint density at radius 2 is 1.48 bits per heavy atom. The average molecular weight is 582 g/mol. The van der Waals surface area contributed by atoms with Crippen LogP contribution in [-0.4, -0.2) is 41.4 Å². The molecule has 1 aliphatic rings. The van der Waals surface area contributed by atoms with E-state index in [2.05, 4.69) is 34.9 Å². The molecule has 1 atom stereocenters. The summed E-state index contributed by atoms with van der Waals surface area (Å²) in [6, 6.07) is 30.5. The summed E-state index contributed by atoms with van der Waals surface area (Å²) < 4.78 is 0. The highest BCUT2D eigenvalue weighted by atomic mass is 35.5. The SMILES string of the molecule is CN(C(=O)Cc1ccccc1)C(Cc1ccc2ccccc2c1)NC(=O)C1(NC(=O)c2ccc(Cl)cc2)CCCCC1. The van der Waals surface area contributed by atoms with E-state index in [1.54, 1.807) is 36.2 Å². The van der Waals surface area contributed by atoms with Crippen molar-refractivity contribution in [2.75, 3.05) is 7.05 Å². The summed E-state index contributed by atoms with van der Waals surface area (Å²) in [4.78, 5) is 42.5. The zero-order chi connectivity index (χ0) is 29.5. The molecule has 0 heterocycles. The lowest BCUT2D eigenvalue weighted by molar-refractivity contribution is -0.136. The molecule has 1 unspecified atom stereocenters. The van der Waals surface area contributed by atoms with Crippen molar-refractivity contribution in [3.63, 3.8) is 0 Å². The summed E-state index contributed by atoms with van der Waals surface area (Å²) in [5.41, 5.74) is 1.28. The molecule has 0 aliphatic heterocycles. The second kappa shape index (κ2) is 13.2. The largest absolute Gasteiger partial charge is 0.338 e. The monoisotopic (exact) mass is 581 g/mol. The third-order valence-electron chi connectivity index (χ3n) is 8.20. The van der Waals surface area contributed by atoms with Gasteiger partial charge in [0.15, 0.2) is 0 Å². The van der Waals surface area contributed by atoms with Crippen LogP contribution in [0.25, 0.3) is 10.8 Å². The van der Waals surface area contributed by atoms with Gasteiger partial charge in [-0.15, -0.1) is 0 Å². The number of rotatable bonds is 9. The van der Waals surface area contributed by atoms with Gasteiger partial charge in [0.2, 0.25) is 11.8 Å². The lowest BCUT2D eigenvalue weighted by Crippen LogP contribution is -2.63. The summed E-state index contributed by atoms with van der Waals surface area (Å²) in [6.07, 6.45) is 3.75. The van der Waals surface area contributed by atoms with E-state index in [1.807, 2.05) is 48.5 Å². The Hall–Kier alpha value is -4.16. The fourth-order valence-electron chi connectivity index (χ4n) is 5.69. The number of carbonyl (C=O) groups is 3. The first-order valence-corrected chi connectivity index (χ1v) is 14.9. The van der Waals surface area contributed by atoms with Crippen molar-refractivity contribution in [3.05, 3.63) is 119 Å². The molecule has 6 nitrogen and oxygen atoms in total. The van der Waals surface area contributed by atoms with Gasteiger partial charge in [0.25, 0.3) is 5.91 Å². The van der Waals surface area contributed by atoms with E-state index in [1.165, 1.54) is 0 Å². The van der Waals surface area contributed by atoms with Gasteiger partial charge in [0.05, 0.1) is 6.42 Å². The molecule has 5 rings (SSSR count). The third-order valence-corrected chi connectivity index (χ3v) is 8.45. The zero-order valence-electron chi connectivity index (χ0n) is 23.8. The van der Waals surface area contributed by atoms with Gasteiger partial charge in [-0.3, -0.25) is 14.4 Å². The minimum absolute atomic E-state index is 0.102. The molecule has 1 fully saturated rings. The van der Waals surface area contributed by atoms with Crippen molar-refractivity contribution >= 4 is 40.1 Å². The standard InChI is InChI=1S/C35H36ClN3O3/c1-39(32(40)24-25-10-4-2-5-11-25)31(23-26-14-15-27-12-6-7-13-29(27)22-26)37-34(42)35(20-8-3-9-21-35)38-33(41)28-16-18-30(36)19-17-28/h2,4-7,10-19,22,31H,3,8-9,20-21,23-24H2,1H3,(H,37,42)(H,38,41). The van der Waals surface area contributed by atoms with E-state index in [9.17, 15) is 14.4 Å². The van der Waals surface area contributed by atoms with Crippen molar-refractivity contribution in [2.24, 2.45) is 0 Å². The van der Waals surface area contributed by atoms with Gasteiger partial charge in [0, 0.05) is 24.1 Å². The van der Waals surface area contributed by atoms with E-state index in [0.717, 1.165) is 41.2 Å². The van der Waals surface area contributed by atoms with Crippen LogP contribution in [0.1, 0.15) is 53.6 Å². The topological polar surface area (TPSA) is 78.5 Å². The van der Waals surface area contributed by atoms with Gasteiger partial charge in [-0.25, -0.2) is 0 Å². The Morgan fingerprint density at radius 3 is 2.19 bits per heavy atom. The third kappa shape index (κ3) is 7.00. The van der Waals surface area contributed by atoms with Crippen LogP contribution < -0.4 is 10.6 Å². The minimum atomic E-state index is -1.07. The first-order valence-electron chi connectivity index (χ1n) is 14.5. The van der Waals surface area contributed by atoms with Crippen LogP contribution in [0, 0.1) is 0 Å². The molecule has 216 valence electrons. The van der Waals surface area contributed by atoms with Gasteiger partial charge >= 0.3 is 0 Å². The summed E-state index contributed by atoms with van der Waals surface area (Å²) in [7, 11) is 1.73. The van der Waals surface area contributed by atoms with Crippen LogP contribution in [0.3, 0.4) is 0 Å². The van der Waals surface area contributed by atoms with Crippen LogP contribution in [0.4, 0.5) is 0 Å². The van der Waals surface area contributed by atoms with Crippen molar-refractivity contribution in [1.82, 2.24) is 15.5 Å². The molecule has 0 spiro atoms. The van der Waals surface area contributed by atoms with Crippen molar-refractivity contribution in [1.29, 1.82) is 0 Å². The van der Waals surface area contributed by atoms with Crippen LogP contribution in [0.5, 0.6) is 0 Å². The number of hydrogen-bond acceptors (Lipinski definition) is 3. The van der Waals surface area contributed by atoms with Gasteiger partial charge in [-0.05, 0) is 59.0 Å². The molecular formula is C35H36ClN3O3. The van der Waals surface area contributed by atoms with Crippen LogP contribution >= 0.6 is 11.6 Å². The maximum absolute atomic E-state index is 14.2. The normalized spacial score (nSPS) is 15.0. The molecule has 2 N–H and O–H groups in total. The van der Waals surface area contributed by atoms with Crippen LogP contribution in [0.15, 0.2) is 97.1 Å². The molecule has 1 saturated carbocycles. The average Bonchev–Trinajstić information content (AvgIpc) is 3.01. The minimum Gasteiger partial charge on any atom is -0.338 e. The van der Waals surface area contributed by atoms with Gasteiger partial charge in [-0.2, -0.15) is 0 Å². The zero-order valence-corrected chi connectivity index (χ0v) is 24.6. The molecule has 1 aliphatic carbocycles. The molecule has 3 amide bonds. The molecule has 0 bridgehead atoms. The molecule has 0 radical (unpaired) electrons. The quantitative estimate of drug-likeness (QED) is 0.227. The highest BCUT2D eigenvalue weighted by molar-refractivity contribution is 6.30. The first kappa shape index (κ1) is 29.3. The Kier molecular flexibility index (Phi) is 9.23. The second-order valence-corrected chi connectivity index (χ2v) is 11.6. The maximum Gasteiger partial charge on any atom is 0.252 e. The Bertz CT molecular complexity index is 1550. The number of likely N-dealkylation sites (N-methyl/N-ethyl adjacent to an activating group) is 1. The smallest absolute Gasteiger partial charge is 0.252 e. The predicted octanol–water partition coefficient (Wildman–Crippen LogP) is 6.31. The van der Waals surface area contributed by atoms with E-state index in [0.29, 0.717) is 29.8 Å². The van der Waals surface area contributed by atoms with Crippen LogP contribution in [-0.2, 0) is 22.4 Å². The summed E-state index contributed by atoms with van der Waals surface area (Å²) >= 11 is 6.02. The molecule has 4 aromatic carbocycles. The predicted molar refractivity (Wildman–Crippen MR) is 167 cm³/mol. The van der Waals surface area contributed by atoms with Crippen LogP contribution in [0.2, 0.25) is 5.02 Å². The maximum atomic E-state index is 14.2.